The summed E-state index contributed by atoms with van der Waals surface area (Å²) in [5, 5.41) is 11.3. The van der Waals surface area contributed by atoms with Crippen LogP contribution in [0.25, 0.3) is 0 Å². The fraction of sp³-hybridized carbons (Fsp3) is 0.294. The Balaban J connectivity index is 1.69. The number of nitrogens with zero attached hydrogens (tertiary/aromatic N) is 2. The first kappa shape index (κ1) is 18.8. The highest BCUT2D eigenvalue weighted by molar-refractivity contribution is 7.89. The van der Waals surface area contributed by atoms with Crippen LogP contribution in [0, 0.1) is 10.1 Å². The summed E-state index contributed by atoms with van der Waals surface area (Å²) < 4.78 is 26.9. The summed E-state index contributed by atoms with van der Waals surface area (Å²) in [6.07, 6.45) is 0. The lowest BCUT2D eigenvalue weighted by atomic mass is 10.1. The van der Waals surface area contributed by atoms with Gasteiger partial charge >= 0.3 is 0 Å². The summed E-state index contributed by atoms with van der Waals surface area (Å²) in [6, 6.07) is 13.1. The molecule has 0 atom stereocenters. The first-order valence-corrected chi connectivity index (χ1v) is 10.0. The van der Waals surface area contributed by atoms with Crippen LogP contribution >= 0.6 is 11.6 Å². The van der Waals surface area contributed by atoms with E-state index in [4.69, 9.17) is 11.6 Å². The zero-order chi connectivity index (χ0) is 18.7. The van der Waals surface area contributed by atoms with Crippen LogP contribution in [-0.2, 0) is 16.6 Å². The third-order valence-corrected chi connectivity index (χ3v) is 6.91. The minimum atomic E-state index is -3.63. The van der Waals surface area contributed by atoms with Crippen molar-refractivity contribution in [3.63, 3.8) is 0 Å². The van der Waals surface area contributed by atoms with Crippen molar-refractivity contribution in [2.24, 2.45) is 0 Å². The van der Waals surface area contributed by atoms with Crippen LogP contribution in [0.3, 0.4) is 0 Å². The Morgan fingerprint density at radius 2 is 1.69 bits per heavy atom. The van der Waals surface area contributed by atoms with Gasteiger partial charge in [-0.15, -0.1) is 0 Å². The van der Waals surface area contributed by atoms with Gasteiger partial charge in [0.15, 0.2) is 0 Å². The van der Waals surface area contributed by atoms with Crippen molar-refractivity contribution in [1.82, 2.24) is 4.31 Å². The molecule has 9 heteroatoms. The number of sulfonamides is 1. The molecular weight excluding hydrogens is 378 g/mol. The van der Waals surface area contributed by atoms with Crippen LogP contribution < -0.4 is 4.90 Å². The molecule has 1 heterocycles. The highest BCUT2D eigenvalue weighted by Gasteiger charge is 2.32. The Hall–Kier alpha value is -2.00. The van der Waals surface area contributed by atoms with Crippen molar-refractivity contribution >= 4 is 27.3 Å². The van der Waals surface area contributed by atoms with Gasteiger partial charge in [-0.2, -0.15) is 4.31 Å². The van der Waals surface area contributed by atoms with Crippen molar-refractivity contribution in [2.45, 2.75) is 11.4 Å². The van der Waals surface area contributed by atoms with E-state index in [9.17, 15) is 18.5 Å². The number of rotatable bonds is 5. The second kappa shape index (κ2) is 7.71. The van der Waals surface area contributed by atoms with E-state index in [-0.39, 0.29) is 20.5 Å². The van der Waals surface area contributed by atoms with Crippen molar-refractivity contribution in [3.8, 4) is 0 Å². The highest BCUT2D eigenvalue weighted by atomic mass is 35.5. The first-order valence-electron chi connectivity index (χ1n) is 8.20. The van der Waals surface area contributed by atoms with Gasteiger partial charge in [0.1, 0.15) is 11.4 Å². The monoisotopic (exact) mass is 396 g/mol. The molecule has 26 heavy (non-hydrogen) atoms. The average Bonchev–Trinajstić information content (AvgIpc) is 2.62. The minimum absolute atomic E-state index is 0.103. The first-order chi connectivity index (χ1) is 12.4. The number of quaternary nitrogens is 1. The van der Waals surface area contributed by atoms with E-state index < -0.39 is 10.0 Å². The number of benzene rings is 2. The number of halogens is 1. The molecular formula is C17H19ClN3O4S+. The molecule has 1 saturated heterocycles. The maximum absolute atomic E-state index is 12.8. The maximum atomic E-state index is 12.8. The molecule has 0 unspecified atom stereocenters. The average molecular weight is 397 g/mol. The lowest BCUT2D eigenvalue weighted by Gasteiger charge is -2.31. The van der Waals surface area contributed by atoms with Crippen molar-refractivity contribution in [1.29, 1.82) is 0 Å². The second-order valence-corrected chi connectivity index (χ2v) is 8.46. The predicted molar refractivity (Wildman–Crippen MR) is 97.7 cm³/mol. The molecule has 0 bridgehead atoms. The van der Waals surface area contributed by atoms with E-state index in [2.05, 4.69) is 0 Å². The maximum Gasteiger partial charge on any atom is 0.278 e. The largest absolute Gasteiger partial charge is 0.329 e. The van der Waals surface area contributed by atoms with Crippen LogP contribution in [-0.4, -0.2) is 43.8 Å². The predicted octanol–water partition coefficient (Wildman–Crippen LogP) is 1.34. The number of para-hydroxylation sites is 1. The SMILES string of the molecule is O=[N+]([O-])c1ccccc1C[NH+]1CCN(S(=O)(=O)c2ccccc2Cl)CC1. The van der Waals surface area contributed by atoms with Crippen molar-refractivity contribution in [3.05, 3.63) is 69.2 Å². The molecule has 138 valence electrons. The molecule has 2 aromatic carbocycles. The van der Waals surface area contributed by atoms with Gasteiger partial charge in [-0.1, -0.05) is 35.9 Å². The van der Waals surface area contributed by atoms with Gasteiger partial charge in [0.2, 0.25) is 10.0 Å². The summed E-state index contributed by atoms with van der Waals surface area (Å²) in [6.45, 7) is 2.36. The summed E-state index contributed by atoms with van der Waals surface area (Å²) in [4.78, 5) is 12.0. The molecule has 2 aromatic rings. The number of nitro groups is 1. The smallest absolute Gasteiger partial charge is 0.278 e. The van der Waals surface area contributed by atoms with Crippen LogP contribution in [0.5, 0.6) is 0 Å². The molecule has 0 spiro atoms. The number of nitro benzene ring substituents is 1. The van der Waals surface area contributed by atoms with Gasteiger partial charge in [-0.25, -0.2) is 8.42 Å². The fourth-order valence-corrected chi connectivity index (χ4v) is 5.06. The number of hydrogen-bond donors (Lipinski definition) is 1. The molecule has 1 N–H and O–H groups in total. The minimum Gasteiger partial charge on any atom is -0.329 e. The standard InChI is InChI=1S/C17H18ClN3O4S/c18-15-6-2-4-8-17(15)26(24,25)20-11-9-19(10-12-20)13-14-5-1-3-7-16(14)21(22)23/h1-8H,9-13H2/p+1. The molecule has 0 aliphatic carbocycles. The molecule has 1 aliphatic rings. The summed E-state index contributed by atoms with van der Waals surface area (Å²) in [5.41, 5.74) is 0.765. The number of nitrogens with one attached hydrogen (secondary N) is 1. The van der Waals surface area contributed by atoms with Gasteiger partial charge in [-0.05, 0) is 18.2 Å². The Bertz CT molecular complexity index is 912. The third kappa shape index (κ3) is 3.88. The molecule has 7 nitrogen and oxygen atoms in total. The van der Waals surface area contributed by atoms with Crippen LogP contribution in [0.15, 0.2) is 53.4 Å². The van der Waals surface area contributed by atoms with E-state index in [1.54, 1.807) is 36.4 Å². The Morgan fingerprint density at radius 1 is 1.08 bits per heavy atom. The van der Waals surface area contributed by atoms with E-state index >= 15 is 0 Å². The van der Waals surface area contributed by atoms with Crippen LogP contribution in [0.1, 0.15) is 5.56 Å². The normalized spacial score (nSPS) is 16.5. The zero-order valence-electron chi connectivity index (χ0n) is 14.0. The summed E-state index contributed by atoms with van der Waals surface area (Å²) >= 11 is 6.04. The van der Waals surface area contributed by atoms with Gasteiger partial charge in [0, 0.05) is 6.07 Å². The lowest BCUT2D eigenvalue weighted by Crippen LogP contribution is -3.13. The van der Waals surface area contributed by atoms with Crippen LogP contribution in [0.4, 0.5) is 5.69 Å². The van der Waals surface area contributed by atoms with Gasteiger partial charge in [0.25, 0.3) is 5.69 Å². The quantitative estimate of drug-likeness (QED) is 0.610. The van der Waals surface area contributed by atoms with E-state index in [0.717, 1.165) is 4.90 Å². The molecule has 1 aliphatic heterocycles. The van der Waals surface area contributed by atoms with Gasteiger partial charge in [-0.3, -0.25) is 10.1 Å². The van der Waals surface area contributed by atoms with Crippen molar-refractivity contribution < 1.29 is 18.2 Å². The molecule has 1 fully saturated rings. The van der Waals surface area contributed by atoms with E-state index in [1.807, 2.05) is 0 Å². The third-order valence-electron chi connectivity index (χ3n) is 4.51. The topological polar surface area (TPSA) is 85.0 Å². The van der Waals surface area contributed by atoms with Gasteiger partial charge < -0.3 is 4.90 Å². The second-order valence-electron chi connectivity index (χ2n) is 6.15. The van der Waals surface area contributed by atoms with E-state index in [1.165, 1.54) is 16.4 Å². The lowest BCUT2D eigenvalue weighted by molar-refractivity contribution is -0.917. The molecule has 3 rings (SSSR count). The summed E-state index contributed by atoms with van der Waals surface area (Å²) in [5.74, 6) is 0. The zero-order valence-corrected chi connectivity index (χ0v) is 15.5. The summed E-state index contributed by atoms with van der Waals surface area (Å²) in [7, 11) is -3.63. The highest BCUT2D eigenvalue weighted by Crippen LogP contribution is 2.24. The molecule has 0 amide bonds. The van der Waals surface area contributed by atoms with Crippen molar-refractivity contribution in [2.75, 3.05) is 26.2 Å². The van der Waals surface area contributed by atoms with Gasteiger partial charge in [0.05, 0.1) is 41.7 Å². The Kier molecular flexibility index (Phi) is 5.57. The Morgan fingerprint density at radius 3 is 2.35 bits per heavy atom. The number of piperazine rings is 1. The fourth-order valence-electron chi connectivity index (χ4n) is 3.12. The van der Waals surface area contributed by atoms with E-state index in [0.29, 0.717) is 38.3 Å². The number of hydrogen-bond acceptors (Lipinski definition) is 4. The van der Waals surface area contributed by atoms with Crippen LogP contribution in [0.2, 0.25) is 5.02 Å². The molecule has 0 aromatic heterocycles. The Labute approximate surface area is 157 Å². The molecule has 0 radical (unpaired) electrons. The molecule has 0 saturated carbocycles.